The number of nitrogens with zero attached hydrogens (tertiary/aromatic N) is 1. The molecule has 1 rings (SSSR count). The number of carboxylic acid groups (broad SMARTS) is 1. The summed E-state index contributed by atoms with van der Waals surface area (Å²) in [6.07, 6.45) is 5.65. The number of aromatic carboxylic acids is 1. The van der Waals surface area contributed by atoms with Crippen molar-refractivity contribution in [3.63, 3.8) is 0 Å². The van der Waals surface area contributed by atoms with E-state index in [0.717, 1.165) is 17.6 Å². The Morgan fingerprint density at radius 3 is 3.00 bits per heavy atom. The monoisotopic (exact) mass is 197 g/mol. The first-order chi connectivity index (χ1) is 6.24. The number of allylic oxidation sites excluding steroid dienone is 1. The molecule has 0 saturated carbocycles. The van der Waals surface area contributed by atoms with E-state index in [-0.39, 0.29) is 4.88 Å². The Bertz CT molecular complexity index is 343. The van der Waals surface area contributed by atoms with Gasteiger partial charge in [-0.25, -0.2) is 9.78 Å². The van der Waals surface area contributed by atoms with E-state index in [9.17, 15) is 9.59 Å². The number of hydrogen-bond donors (Lipinski definition) is 1. The largest absolute Gasteiger partial charge is 0.477 e. The van der Waals surface area contributed by atoms with Gasteiger partial charge in [-0.1, -0.05) is 6.08 Å². The van der Waals surface area contributed by atoms with Gasteiger partial charge < -0.3 is 9.90 Å². The molecule has 0 fully saturated rings. The van der Waals surface area contributed by atoms with Gasteiger partial charge in [0.15, 0.2) is 0 Å². The zero-order valence-corrected chi connectivity index (χ0v) is 7.45. The lowest BCUT2D eigenvalue weighted by Gasteiger charge is -1.80. The first-order valence-corrected chi connectivity index (χ1v) is 4.35. The van der Waals surface area contributed by atoms with Crippen molar-refractivity contribution in [3.8, 4) is 0 Å². The second-order valence-corrected chi connectivity index (χ2v) is 3.23. The molecule has 68 valence electrons. The fourth-order valence-electron chi connectivity index (χ4n) is 0.688. The minimum absolute atomic E-state index is 0.200. The Kier molecular flexibility index (Phi) is 3.33. The first-order valence-electron chi connectivity index (χ1n) is 3.53. The van der Waals surface area contributed by atoms with Crippen LogP contribution in [-0.2, 0) is 4.79 Å². The summed E-state index contributed by atoms with van der Waals surface area (Å²) < 4.78 is 0. The summed E-state index contributed by atoms with van der Waals surface area (Å²) in [6.45, 7) is 0. The van der Waals surface area contributed by atoms with Crippen LogP contribution in [0.3, 0.4) is 0 Å². The molecule has 0 aliphatic heterocycles. The summed E-state index contributed by atoms with van der Waals surface area (Å²) >= 11 is 1.08. The number of thiazole rings is 1. The number of aldehydes is 1. The summed E-state index contributed by atoms with van der Waals surface area (Å²) in [5, 5.41) is 9.16. The third-order valence-corrected chi connectivity index (χ3v) is 2.18. The molecule has 0 radical (unpaired) electrons. The summed E-state index contributed by atoms with van der Waals surface area (Å²) in [7, 11) is 0. The molecule has 13 heavy (non-hydrogen) atoms. The first kappa shape index (κ1) is 9.60. The average molecular weight is 197 g/mol. The molecule has 0 saturated heterocycles. The molecule has 0 unspecified atom stereocenters. The summed E-state index contributed by atoms with van der Waals surface area (Å²) in [5.41, 5.74) is 0. The maximum absolute atomic E-state index is 10.4. The third kappa shape index (κ3) is 2.79. The number of carbonyl (C=O) groups is 2. The van der Waals surface area contributed by atoms with Gasteiger partial charge >= 0.3 is 5.97 Å². The Hall–Kier alpha value is -1.49. The zero-order chi connectivity index (χ0) is 9.68. The topological polar surface area (TPSA) is 67.3 Å². The van der Waals surface area contributed by atoms with E-state index in [1.54, 1.807) is 12.2 Å². The molecule has 1 aromatic heterocycles. The molecule has 0 amide bonds. The fraction of sp³-hybridized carbons (Fsp3) is 0.125. The lowest BCUT2D eigenvalue weighted by molar-refractivity contribution is -0.107. The van der Waals surface area contributed by atoms with E-state index in [4.69, 9.17) is 5.11 Å². The minimum atomic E-state index is -0.979. The van der Waals surface area contributed by atoms with Crippen LogP contribution in [0.4, 0.5) is 0 Å². The van der Waals surface area contributed by atoms with Crippen molar-refractivity contribution in [3.05, 3.63) is 22.2 Å². The van der Waals surface area contributed by atoms with Crippen molar-refractivity contribution in [2.24, 2.45) is 0 Å². The van der Waals surface area contributed by atoms with Crippen LogP contribution in [0.5, 0.6) is 0 Å². The van der Waals surface area contributed by atoms with Gasteiger partial charge in [-0.2, -0.15) is 0 Å². The molecule has 0 aliphatic rings. The van der Waals surface area contributed by atoms with Crippen molar-refractivity contribution in [2.45, 2.75) is 6.42 Å². The number of rotatable bonds is 4. The van der Waals surface area contributed by atoms with Crippen LogP contribution in [0.25, 0.3) is 6.08 Å². The van der Waals surface area contributed by atoms with Crippen LogP contribution < -0.4 is 0 Å². The summed E-state index contributed by atoms with van der Waals surface area (Å²) in [4.78, 5) is 24.4. The second-order valence-electron chi connectivity index (χ2n) is 2.17. The van der Waals surface area contributed by atoms with Crippen molar-refractivity contribution < 1.29 is 14.7 Å². The SMILES string of the molecule is O=CCC=Cc1ncc(C(=O)O)s1. The van der Waals surface area contributed by atoms with Gasteiger partial charge in [0.05, 0.1) is 6.20 Å². The van der Waals surface area contributed by atoms with E-state index in [1.807, 2.05) is 0 Å². The maximum Gasteiger partial charge on any atom is 0.347 e. The Labute approximate surface area is 78.5 Å². The Morgan fingerprint density at radius 1 is 1.69 bits per heavy atom. The molecule has 0 aliphatic carbocycles. The smallest absolute Gasteiger partial charge is 0.347 e. The lowest BCUT2D eigenvalue weighted by Crippen LogP contribution is -1.89. The fourth-order valence-corrected chi connectivity index (χ4v) is 1.38. The predicted octanol–water partition coefficient (Wildman–Crippen LogP) is 1.44. The molecule has 1 heterocycles. The van der Waals surface area contributed by atoms with Crippen molar-refractivity contribution >= 4 is 29.7 Å². The van der Waals surface area contributed by atoms with Gasteiger partial charge in [-0.3, -0.25) is 0 Å². The number of aromatic nitrogens is 1. The van der Waals surface area contributed by atoms with Crippen LogP contribution in [0.2, 0.25) is 0 Å². The molecule has 0 atom stereocenters. The summed E-state index contributed by atoms with van der Waals surface area (Å²) in [6, 6.07) is 0. The molecule has 0 spiro atoms. The third-order valence-electron chi connectivity index (χ3n) is 1.23. The van der Waals surface area contributed by atoms with Crippen LogP contribution in [0, 0.1) is 0 Å². The minimum Gasteiger partial charge on any atom is -0.477 e. The van der Waals surface area contributed by atoms with Gasteiger partial charge in [0, 0.05) is 6.42 Å². The summed E-state index contributed by atoms with van der Waals surface area (Å²) in [5.74, 6) is -0.979. The van der Waals surface area contributed by atoms with Crippen LogP contribution in [0.15, 0.2) is 12.3 Å². The molecule has 0 aromatic carbocycles. The highest BCUT2D eigenvalue weighted by Crippen LogP contribution is 2.13. The van der Waals surface area contributed by atoms with Crippen molar-refractivity contribution in [1.82, 2.24) is 4.98 Å². The second kappa shape index (κ2) is 4.51. The standard InChI is InChI=1S/C8H7NO3S/c10-4-2-1-3-7-9-5-6(13-7)8(11)12/h1,3-5H,2H2,(H,11,12). The Balaban J connectivity index is 2.69. The quantitative estimate of drug-likeness (QED) is 0.741. The average Bonchev–Trinajstić information content (AvgIpc) is 2.53. The van der Waals surface area contributed by atoms with E-state index < -0.39 is 5.97 Å². The van der Waals surface area contributed by atoms with Gasteiger partial charge in [0.2, 0.25) is 0 Å². The molecule has 5 heteroatoms. The van der Waals surface area contributed by atoms with E-state index >= 15 is 0 Å². The van der Waals surface area contributed by atoms with Crippen LogP contribution in [-0.4, -0.2) is 22.3 Å². The van der Waals surface area contributed by atoms with Crippen LogP contribution >= 0.6 is 11.3 Å². The normalized spacial score (nSPS) is 10.5. The van der Waals surface area contributed by atoms with Crippen molar-refractivity contribution in [1.29, 1.82) is 0 Å². The molecular weight excluding hydrogens is 190 g/mol. The highest BCUT2D eigenvalue weighted by Gasteiger charge is 2.05. The molecular formula is C8H7NO3S. The van der Waals surface area contributed by atoms with Crippen LogP contribution in [0.1, 0.15) is 21.1 Å². The number of carboxylic acids is 1. The zero-order valence-electron chi connectivity index (χ0n) is 6.64. The maximum atomic E-state index is 10.4. The molecule has 1 N–H and O–H groups in total. The number of hydrogen-bond acceptors (Lipinski definition) is 4. The van der Waals surface area contributed by atoms with Crippen molar-refractivity contribution in [2.75, 3.05) is 0 Å². The van der Waals surface area contributed by atoms with E-state index in [1.165, 1.54) is 6.20 Å². The molecule has 4 nitrogen and oxygen atoms in total. The van der Waals surface area contributed by atoms with E-state index in [0.29, 0.717) is 11.4 Å². The van der Waals surface area contributed by atoms with Gasteiger partial charge in [0.1, 0.15) is 16.2 Å². The molecule has 1 aromatic rings. The lowest BCUT2D eigenvalue weighted by atomic mass is 10.4. The van der Waals surface area contributed by atoms with E-state index in [2.05, 4.69) is 4.98 Å². The number of carbonyl (C=O) groups excluding carboxylic acids is 1. The van der Waals surface area contributed by atoms with Gasteiger partial charge in [-0.15, -0.1) is 11.3 Å². The Morgan fingerprint density at radius 2 is 2.46 bits per heavy atom. The van der Waals surface area contributed by atoms with Gasteiger partial charge in [-0.05, 0) is 6.08 Å². The van der Waals surface area contributed by atoms with Gasteiger partial charge in [0.25, 0.3) is 0 Å². The predicted molar refractivity (Wildman–Crippen MR) is 48.8 cm³/mol. The highest BCUT2D eigenvalue weighted by molar-refractivity contribution is 7.14. The highest BCUT2D eigenvalue weighted by atomic mass is 32.1. The molecule has 0 bridgehead atoms.